The van der Waals surface area contributed by atoms with Crippen LogP contribution in [0.2, 0.25) is 5.02 Å². The average molecular weight is 424 g/mol. The zero-order valence-electron chi connectivity index (χ0n) is 15.7. The van der Waals surface area contributed by atoms with Crippen molar-refractivity contribution < 1.29 is 14.3 Å². The molecule has 1 fully saturated rings. The van der Waals surface area contributed by atoms with Crippen molar-refractivity contribution in [2.24, 2.45) is 7.05 Å². The lowest BCUT2D eigenvalue weighted by molar-refractivity contribution is -0.132. The van der Waals surface area contributed by atoms with E-state index in [4.69, 9.17) is 16.3 Å². The highest BCUT2D eigenvalue weighted by Crippen LogP contribution is 2.20. The number of benzene rings is 1. The highest BCUT2D eigenvalue weighted by Gasteiger charge is 2.21. The first kappa shape index (κ1) is 20.6. The summed E-state index contributed by atoms with van der Waals surface area (Å²) >= 11 is 7.19. The minimum absolute atomic E-state index is 0.0574. The molecule has 0 saturated carbocycles. The smallest absolute Gasteiger partial charge is 0.251 e. The van der Waals surface area contributed by atoms with E-state index >= 15 is 0 Å². The van der Waals surface area contributed by atoms with Gasteiger partial charge in [-0.15, -0.1) is 10.2 Å². The van der Waals surface area contributed by atoms with Crippen molar-refractivity contribution in [3.8, 4) is 0 Å². The highest BCUT2D eigenvalue weighted by atomic mass is 35.5. The van der Waals surface area contributed by atoms with Gasteiger partial charge in [0, 0.05) is 30.7 Å². The standard InChI is InChI=1S/C18H22ClN5O3S/c1-12(20-17(26)13-3-5-14(19)6-4-13)16-21-22-18(23(16)2)28-11-15(25)24-7-9-27-10-8-24/h3-6,12H,7-11H2,1-2H3,(H,20,26). The van der Waals surface area contributed by atoms with E-state index in [1.807, 2.05) is 14.0 Å². The predicted molar refractivity (Wildman–Crippen MR) is 106 cm³/mol. The molecule has 150 valence electrons. The molecule has 1 aromatic carbocycles. The van der Waals surface area contributed by atoms with Crippen LogP contribution in [-0.2, 0) is 16.6 Å². The number of amides is 2. The van der Waals surface area contributed by atoms with Gasteiger partial charge in [-0.3, -0.25) is 9.59 Å². The fourth-order valence-corrected chi connectivity index (χ4v) is 3.75. The lowest BCUT2D eigenvalue weighted by Gasteiger charge is -2.26. The number of ether oxygens (including phenoxy) is 1. The molecule has 2 heterocycles. The fraction of sp³-hybridized carbons (Fsp3) is 0.444. The molecule has 1 N–H and O–H groups in total. The Morgan fingerprint density at radius 3 is 2.61 bits per heavy atom. The van der Waals surface area contributed by atoms with Crippen LogP contribution in [0.25, 0.3) is 0 Å². The van der Waals surface area contributed by atoms with Crippen molar-refractivity contribution in [3.05, 3.63) is 40.7 Å². The first-order chi connectivity index (χ1) is 13.5. The predicted octanol–water partition coefficient (Wildman–Crippen LogP) is 1.91. The number of rotatable bonds is 6. The normalized spacial score (nSPS) is 15.3. The summed E-state index contributed by atoms with van der Waals surface area (Å²) in [4.78, 5) is 26.4. The van der Waals surface area contributed by atoms with Gasteiger partial charge in [0.15, 0.2) is 11.0 Å². The second-order valence-electron chi connectivity index (χ2n) is 6.38. The molecule has 1 saturated heterocycles. The minimum Gasteiger partial charge on any atom is -0.378 e. The Bertz CT molecular complexity index is 836. The lowest BCUT2D eigenvalue weighted by atomic mass is 10.2. The second-order valence-corrected chi connectivity index (χ2v) is 7.76. The zero-order valence-corrected chi connectivity index (χ0v) is 17.3. The molecule has 8 nitrogen and oxygen atoms in total. The van der Waals surface area contributed by atoms with Crippen molar-refractivity contribution in [2.75, 3.05) is 32.1 Å². The molecule has 1 aliphatic heterocycles. The summed E-state index contributed by atoms with van der Waals surface area (Å²) in [6.45, 7) is 4.24. The van der Waals surface area contributed by atoms with Gasteiger partial charge in [0.1, 0.15) is 0 Å². The third-order valence-electron chi connectivity index (χ3n) is 4.40. The molecular formula is C18H22ClN5O3S. The van der Waals surface area contributed by atoms with Crippen LogP contribution in [0, 0.1) is 0 Å². The number of carbonyl (C=O) groups is 2. The lowest BCUT2D eigenvalue weighted by Crippen LogP contribution is -2.41. The molecule has 2 aromatic rings. The van der Waals surface area contributed by atoms with Crippen LogP contribution in [0.5, 0.6) is 0 Å². The maximum atomic E-state index is 12.4. The Hall–Kier alpha value is -2.10. The van der Waals surface area contributed by atoms with Crippen molar-refractivity contribution >= 4 is 35.2 Å². The molecule has 0 spiro atoms. The number of morpholine rings is 1. The Balaban J connectivity index is 1.57. The number of hydrogen-bond acceptors (Lipinski definition) is 6. The molecule has 1 aliphatic rings. The first-order valence-corrected chi connectivity index (χ1v) is 10.3. The Morgan fingerprint density at radius 1 is 1.25 bits per heavy atom. The number of aromatic nitrogens is 3. The van der Waals surface area contributed by atoms with Crippen LogP contribution < -0.4 is 5.32 Å². The van der Waals surface area contributed by atoms with E-state index in [0.717, 1.165) is 0 Å². The molecule has 10 heteroatoms. The molecule has 0 bridgehead atoms. The van der Waals surface area contributed by atoms with E-state index in [-0.39, 0.29) is 23.6 Å². The van der Waals surface area contributed by atoms with E-state index in [2.05, 4.69) is 15.5 Å². The van der Waals surface area contributed by atoms with Gasteiger partial charge in [0.2, 0.25) is 5.91 Å². The quantitative estimate of drug-likeness (QED) is 0.714. The molecule has 1 aromatic heterocycles. The fourth-order valence-electron chi connectivity index (χ4n) is 2.81. The van der Waals surface area contributed by atoms with E-state index in [1.54, 1.807) is 33.7 Å². The van der Waals surface area contributed by atoms with Crippen molar-refractivity contribution in [3.63, 3.8) is 0 Å². The van der Waals surface area contributed by atoms with Crippen molar-refractivity contribution in [1.29, 1.82) is 0 Å². The molecule has 2 amide bonds. The van der Waals surface area contributed by atoms with Gasteiger partial charge < -0.3 is 19.5 Å². The highest BCUT2D eigenvalue weighted by molar-refractivity contribution is 7.99. The summed E-state index contributed by atoms with van der Waals surface area (Å²) in [5.74, 6) is 0.742. The van der Waals surface area contributed by atoms with E-state index < -0.39 is 0 Å². The Kier molecular flexibility index (Phi) is 6.93. The van der Waals surface area contributed by atoms with Gasteiger partial charge in [-0.25, -0.2) is 0 Å². The first-order valence-electron chi connectivity index (χ1n) is 8.89. The number of nitrogens with one attached hydrogen (secondary N) is 1. The molecule has 3 rings (SSSR count). The summed E-state index contributed by atoms with van der Waals surface area (Å²) in [5, 5.41) is 12.4. The number of carbonyl (C=O) groups excluding carboxylic acids is 2. The average Bonchev–Trinajstić information content (AvgIpc) is 3.07. The number of hydrogen-bond donors (Lipinski definition) is 1. The molecule has 1 atom stereocenters. The van der Waals surface area contributed by atoms with Crippen LogP contribution in [-0.4, -0.2) is 63.5 Å². The maximum absolute atomic E-state index is 12.4. The van der Waals surface area contributed by atoms with Crippen LogP contribution in [0.1, 0.15) is 29.1 Å². The topological polar surface area (TPSA) is 89.3 Å². The van der Waals surface area contributed by atoms with E-state index in [0.29, 0.717) is 47.9 Å². The molecule has 28 heavy (non-hydrogen) atoms. The SMILES string of the molecule is CC(NC(=O)c1ccc(Cl)cc1)c1nnc(SCC(=O)N2CCOCC2)n1C. The number of halogens is 1. The van der Waals surface area contributed by atoms with Gasteiger partial charge in [-0.1, -0.05) is 23.4 Å². The van der Waals surface area contributed by atoms with Gasteiger partial charge in [-0.2, -0.15) is 0 Å². The van der Waals surface area contributed by atoms with Gasteiger partial charge in [0.05, 0.1) is 25.0 Å². The summed E-state index contributed by atoms with van der Waals surface area (Å²) < 4.78 is 7.06. The third-order valence-corrected chi connectivity index (χ3v) is 5.66. The van der Waals surface area contributed by atoms with Crippen LogP contribution in [0.3, 0.4) is 0 Å². The van der Waals surface area contributed by atoms with Crippen LogP contribution in [0.15, 0.2) is 29.4 Å². The molecule has 0 radical (unpaired) electrons. The second kappa shape index (κ2) is 9.40. The summed E-state index contributed by atoms with van der Waals surface area (Å²) in [7, 11) is 1.82. The molecule has 0 aliphatic carbocycles. The zero-order chi connectivity index (χ0) is 20.1. The number of thioether (sulfide) groups is 1. The van der Waals surface area contributed by atoms with Crippen LogP contribution in [0.4, 0.5) is 0 Å². The summed E-state index contributed by atoms with van der Waals surface area (Å²) in [6, 6.07) is 6.33. The van der Waals surface area contributed by atoms with Gasteiger partial charge in [0.25, 0.3) is 5.91 Å². The largest absolute Gasteiger partial charge is 0.378 e. The van der Waals surface area contributed by atoms with E-state index in [1.165, 1.54) is 11.8 Å². The van der Waals surface area contributed by atoms with Crippen molar-refractivity contribution in [2.45, 2.75) is 18.1 Å². The third kappa shape index (κ3) is 5.03. The van der Waals surface area contributed by atoms with Gasteiger partial charge in [-0.05, 0) is 31.2 Å². The van der Waals surface area contributed by atoms with Crippen molar-refractivity contribution in [1.82, 2.24) is 25.0 Å². The summed E-state index contributed by atoms with van der Waals surface area (Å²) in [6.07, 6.45) is 0. The Labute approximate surface area is 172 Å². The monoisotopic (exact) mass is 423 g/mol. The Morgan fingerprint density at radius 2 is 1.93 bits per heavy atom. The van der Waals surface area contributed by atoms with Crippen LogP contribution >= 0.6 is 23.4 Å². The minimum atomic E-state index is -0.343. The molecular weight excluding hydrogens is 402 g/mol. The number of nitrogens with zero attached hydrogens (tertiary/aromatic N) is 4. The van der Waals surface area contributed by atoms with E-state index in [9.17, 15) is 9.59 Å². The maximum Gasteiger partial charge on any atom is 0.251 e. The molecule has 1 unspecified atom stereocenters. The van der Waals surface area contributed by atoms with Gasteiger partial charge >= 0.3 is 0 Å². The summed E-state index contributed by atoms with van der Waals surface area (Å²) in [5.41, 5.74) is 0.518.